The number of hydrogen-bond acceptors (Lipinski definition) is 2. The second-order valence-electron chi connectivity index (χ2n) is 3.45. The normalized spacial score (nSPS) is 13.6. The SMILES string of the molecule is CCC(N)C(=O)c1ccc(C(F)(F)F)cc1. The molecule has 1 aromatic rings. The molecule has 0 amide bonds. The summed E-state index contributed by atoms with van der Waals surface area (Å²) in [6.45, 7) is 1.74. The van der Waals surface area contributed by atoms with Gasteiger partial charge in [0.25, 0.3) is 0 Å². The van der Waals surface area contributed by atoms with Crippen molar-refractivity contribution >= 4 is 5.78 Å². The topological polar surface area (TPSA) is 43.1 Å². The first-order valence-electron chi connectivity index (χ1n) is 4.83. The summed E-state index contributed by atoms with van der Waals surface area (Å²) in [5, 5.41) is 0. The summed E-state index contributed by atoms with van der Waals surface area (Å²) in [7, 11) is 0. The van der Waals surface area contributed by atoms with Gasteiger partial charge in [0.15, 0.2) is 5.78 Å². The van der Waals surface area contributed by atoms with Crippen LogP contribution in [-0.2, 0) is 6.18 Å². The molecule has 1 aromatic carbocycles. The molecule has 0 bridgehead atoms. The summed E-state index contributed by atoms with van der Waals surface area (Å²) < 4.78 is 36.7. The second-order valence-corrected chi connectivity index (χ2v) is 3.45. The number of Topliss-reactive ketones (excluding diaryl/α,β-unsaturated/α-hetero) is 1. The van der Waals surface area contributed by atoms with Crippen LogP contribution in [0.15, 0.2) is 24.3 Å². The highest BCUT2D eigenvalue weighted by Gasteiger charge is 2.30. The fourth-order valence-electron chi connectivity index (χ4n) is 1.22. The Kier molecular flexibility index (Phi) is 3.70. The Bertz CT molecular complexity index is 370. The predicted octanol–water partition coefficient (Wildman–Crippen LogP) is 2.63. The number of halogens is 3. The number of rotatable bonds is 3. The van der Waals surface area contributed by atoms with E-state index >= 15 is 0 Å². The molecule has 1 atom stereocenters. The second kappa shape index (κ2) is 4.65. The van der Waals surface area contributed by atoms with Gasteiger partial charge >= 0.3 is 6.18 Å². The predicted molar refractivity (Wildman–Crippen MR) is 54.0 cm³/mol. The van der Waals surface area contributed by atoms with E-state index in [-0.39, 0.29) is 11.3 Å². The third-order valence-electron chi connectivity index (χ3n) is 2.27. The van der Waals surface area contributed by atoms with Gasteiger partial charge < -0.3 is 5.73 Å². The van der Waals surface area contributed by atoms with Gasteiger partial charge in [-0.2, -0.15) is 13.2 Å². The molecule has 0 aliphatic rings. The fourth-order valence-corrected chi connectivity index (χ4v) is 1.22. The van der Waals surface area contributed by atoms with Crippen molar-refractivity contribution in [1.82, 2.24) is 0 Å². The van der Waals surface area contributed by atoms with Gasteiger partial charge in [0.1, 0.15) is 0 Å². The summed E-state index contributed by atoms with van der Waals surface area (Å²) in [6, 6.07) is 3.42. The largest absolute Gasteiger partial charge is 0.416 e. The fraction of sp³-hybridized carbons (Fsp3) is 0.364. The molecule has 16 heavy (non-hydrogen) atoms. The van der Waals surface area contributed by atoms with Crippen molar-refractivity contribution in [1.29, 1.82) is 0 Å². The van der Waals surface area contributed by atoms with Crippen LogP contribution < -0.4 is 5.73 Å². The van der Waals surface area contributed by atoms with Crippen LogP contribution >= 0.6 is 0 Å². The Hall–Kier alpha value is -1.36. The Morgan fingerprint density at radius 1 is 1.31 bits per heavy atom. The van der Waals surface area contributed by atoms with E-state index in [1.807, 2.05) is 0 Å². The van der Waals surface area contributed by atoms with E-state index in [0.29, 0.717) is 6.42 Å². The molecule has 1 unspecified atom stereocenters. The maximum absolute atomic E-state index is 12.2. The lowest BCUT2D eigenvalue weighted by molar-refractivity contribution is -0.137. The number of carbonyl (C=O) groups is 1. The summed E-state index contributed by atoms with van der Waals surface area (Å²) in [4.78, 5) is 11.5. The van der Waals surface area contributed by atoms with Crippen LogP contribution in [0, 0.1) is 0 Å². The smallest absolute Gasteiger partial charge is 0.321 e. The van der Waals surface area contributed by atoms with Gasteiger partial charge in [0.2, 0.25) is 0 Å². The number of ketones is 1. The molecule has 0 aliphatic carbocycles. The zero-order valence-corrected chi connectivity index (χ0v) is 8.71. The highest BCUT2D eigenvalue weighted by molar-refractivity contribution is 5.99. The van der Waals surface area contributed by atoms with Gasteiger partial charge in [-0.25, -0.2) is 0 Å². The molecule has 0 spiro atoms. The van der Waals surface area contributed by atoms with E-state index in [1.54, 1.807) is 6.92 Å². The first-order chi connectivity index (χ1) is 7.36. The van der Waals surface area contributed by atoms with E-state index in [0.717, 1.165) is 24.3 Å². The minimum absolute atomic E-state index is 0.211. The van der Waals surface area contributed by atoms with Crippen LogP contribution in [0.4, 0.5) is 13.2 Å². The van der Waals surface area contributed by atoms with Gasteiger partial charge in [-0.3, -0.25) is 4.79 Å². The summed E-state index contributed by atoms with van der Waals surface area (Å²) in [5.41, 5.74) is 4.94. The van der Waals surface area contributed by atoms with Crippen LogP contribution in [0.2, 0.25) is 0 Å². The lowest BCUT2D eigenvalue weighted by Gasteiger charge is -2.09. The molecule has 2 N–H and O–H groups in total. The Morgan fingerprint density at radius 3 is 2.19 bits per heavy atom. The van der Waals surface area contributed by atoms with Crippen molar-refractivity contribution in [2.45, 2.75) is 25.6 Å². The lowest BCUT2D eigenvalue weighted by Crippen LogP contribution is -2.29. The van der Waals surface area contributed by atoms with Crippen LogP contribution in [0.1, 0.15) is 29.3 Å². The Morgan fingerprint density at radius 2 is 1.81 bits per heavy atom. The van der Waals surface area contributed by atoms with Gasteiger partial charge in [0, 0.05) is 5.56 Å². The van der Waals surface area contributed by atoms with E-state index < -0.39 is 17.8 Å². The molecule has 1 rings (SSSR count). The Balaban J connectivity index is 2.91. The van der Waals surface area contributed by atoms with E-state index in [1.165, 1.54) is 0 Å². The standard InChI is InChI=1S/C11H12F3NO/c1-2-9(15)10(16)7-3-5-8(6-4-7)11(12,13)14/h3-6,9H,2,15H2,1H3. The molecular formula is C11H12F3NO. The number of hydrogen-bond donors (Lipinski definition) is 1. The van der Waals surface area contributed by atoms with Crippen LogP contribution in [0.25, 0.3) is 0 Å². The first-order valence-corrected chi connectivity index (χ1v) is 4.83. The quantitative estimate of drug-likeness (QED) is 0.812. The molecule has 0 aliphatic heterocycles. The average molecular weight is 231 g/mol. The van der Waals surface area contributed by atoms with Crippen LogP contribution in [0.3, 0.4) is 0 Å². The lowest BCUT2D eigenvalue weighted by atomic mass is 10.0. The number of benzene rings is 1. The zero-order valence-electron chi connectivity index (χ0n) is 8.71. The summed E-state index contributed by atoms with van der Waals surface area (Å²) in [6.07, 6.45) is -3.92. The monoisotopic (exact) mass is 231 g/mol. The number of nitrogens with two attached hydrogens (primary N) is 1. The van der Waals surface area contributed by atoms with E-state index in [2.05, 4.69) is 0 Å². The third kappa shape index (κ3) is 2.82. The zero-order chi connectivity index (χ0) is 12.3. The molecule has 0 heterocycles. The first kappa shape index (κ1) is 12.7. The van der Waals surface area contributed by atoms with Gasteiger partial charge in [-0.1, -0.05) is 19.1 Å². The molecule has 0 saturated carbocycles. The van der Waals surface area contributed by atoms with Crippen molar-refractivity contribution in [3.63, 3.8) is 0 Å². The molecule has 88 valence electrons. The molecule has 0 aromatic heterocycles. The molecule has 0 fully saturated rings. The summed E-state index contributed by atoms with van der Waals surface area (Å²) in [5.74, 6) is -0.337. The highest BCUT2D eigenvalue weighted by atomic mass is 19.4. The summed E-state index contributed by atoms with van der Waals surface area (Å²) >= 11 is 0. The number of alkyl halides is 3. The van der Waals surface area contributed by atoms with Crippen molar-refractivity contribution in [2.75, 3.05) is 0 Å². The molecule has 0 radical (unpaired) electrons. The molecule has 2 nitrogen and oxygen atoms in total. The minimum Gasteiger partial charge on any atom is -0.321 e. The van der Waals surface area contributed by atoms with Crippen LogP contribution in [-0.4, -0.2) is 11.8 Å². The average Bonchev–Trinajstić information content (AvgIpc) is 2.26. The van der Waals surface area contributed by atoms with Crippen molar-refractivity contribution < 1.29 is 18.0 Å². The maximum atomic E-state index is 12.2. The van der Waals surface area contributed by atoms with Gasteiger partial charge in [-0.15, -0.1) is 0 Å². The third-order valence-corrected chi connectivity index (χ3v) is 2.27. The van der Waals surface area contributed by atoms with Gasteiger partial charge in [-0.05, 0) is 18.6 Å². The number of carbonyl (C=O) groups excluding carboxylic acids is 1. The van der Waals surface area contributed by atoms with Gasteiger partial charge in [0.05, 0.1) is 11.6 Å². The minimum atomic E-state index is -4.38. The van der Waals surface area contributed by atoms with Crippen molar-refractivity contribution in [3.05, 3.63) is 35.4 Å². The van der Waals surface area contributed by atoms with Crippen molar-refractivity contribution in [3.8, 4) is 0 Å². The van der Waals surface area contributed by atoms with E-state index in [9.17, 15) is 18.0 Å². The molecular weight excluding hydrogens is 219 g/mol. The Labute approximate surface area is 91.3 Å². The van der Waals surface area contributed by atoms with Crippen molar-refractivity contribution in [2.24, 2.45) is 5.73 Å². The van der Waals surface area contributed by atoms with E-state index in [4.69, 9.17) is 5.73 Å². The highest BCUT2D eigenvalue weighted by Crippen LogP contribution is 2.29. The van der Waals surface area contributed by atoms with Crippen LogP contribution in [0.5, 0.6) is 0 Å². The maximum Gasteiger partial charge on any atom is 0.416 e. The molecule has 5 heteroatoms. The molecule has 0 saturated heterocycles.